The van der Waals surface area contributed by atoms with Crippen LogP contribution in [0.25, 0.3) is 0 Å². The van der Waals surface area contributed by atoms with Crippen LogP contribution >= 0.6 is 0 Å². The first kappa shape index (κ1) is 12.6. The smallest absolute Gasteiger partial charge is 0.249 e. The molecule has 3 N–H and O–H groups in total. The zero-order chi connectivity index (χ0) is 13.6. The van der Waals surface area contributed by atoms with Crippen LogP contribution in [0.5, 0.6) is 0 Å². The van der Waals surface area contributed by atoms with Crippen LogP contribution in [0.1, 0.15) is 32.1 Å². The number of nitrogens with one attached hydrogen (secondary N) is 1. The van der Waals surface area contributed by atoms with Gasteiger partial charge in [0.25, 0.3) is 0 Å². The summed E-state index contributed by atoms with van der Waals surface area (Å²) in [4.78, 5) is 37.1. The van der Waals surface area contributed by atoms with Crippen molar-refractivity contribution in [1.82, 2.24) is 10.2 Å². The Morgan fingerprint density at radius 2 is 1.95 bits per heavy atom. The molecule has 0 bridgehead atoms. The number of likely N-dealkylation sites (tertiary alicyclic amines) is 1. The van der Waals surface area contributed by atoms with Gasteiger partial charge in [0.2, 0.25) is 17.7 Å². The number of carbonyl (C=O) groups excluding carboxylic acids is 3. The molecular formula is C13H19N3O3. The molecule has 0 aromatic heterocycles. The fourth-order valence-electron chi connectivity index (χ4n) is 3.66. The fourth-order valence-corrected chi connectivity index (χ4v) is 3.66. The molecule has 3 amide bonds. The Labute approximate surface area is 111 Å². The summed E-state index contributed by atoms with van der Waals surface area (Å²) in [5.41, 5.74) is 6.10. The number of nitrogens with two attached hydrogens (primary N) is 1. The van der Waals surface area contributed by atoms with Crippen molar-refractivity contribution >= 4 is 17.7 Å². The van der Waals surface area contributed by atoms with Gasteiger partial charge < -0.3 is 10.6 Å². The Morgan fingerprint density at radius 1 is 1.16 bits per heavy atom. The van der Waals surface area contributed by atoms with Crippen molar-refractivity contribution in [1.29, 1.82) is 0 Å². The summed E-state index contributed by atoms with van der Waals surface area (Å²) in [5, 5.41) is 2.32. The van der Waals surface area contributed by atoms with Crippen LogP contribution < -0.4 is 11.1 Å². The highest BCUT2D eigenvalue weighted by molar-refractivity contribution is 6.02. The number of fused-ring (bicyclic) bond motifs is 1. The highest BCUT2D eigenvalue weighted by Gasteiger charge is 2.48. The Bertz CT molecular complexity index is 437. The van der Waals surface area contributed by atoms with E-state index in [2.05, 4.69) is 5.32 Å². The maximum Gasteiger partial charge on any atom is 0.249 e. The van der Waals surface area contributed by atoms with Gasteiger partial charge in [-0.15, -0.1) is 0 Å². The van der Waals surface area contributed by atoms with Gasteiger partial charge in [-0.1, -0.05) is 6.42 Å². The Kier molecular flexibility index (Phi) is 3.05. The van der Waals surface area contributed by atoms with Gasteiger partial charge in [-0.2, -0.15) is 0 Å². The minimum atomic E-state index is -0.483. The van der Waals surface area contributed by atoms with Crippen molar-refractivity contribution in [3.05, 3.63) is 0 Å². The van der Waals surface area contributed by atoms with Gasteiger partial charge in [0.05, 0.1) is 0 Å². The molecule has 3 fully saturated rings. The van der Waals surface area contributed by atoms with Crippen molar-refractivity contribution in [2.24, 2.45) is 17.6 Å². The van der Waals surface area contributed by atoms with E-state index in [0.717, 1.165) is 19.3 Å². The third-order valence-corrected chi connectivity index (χ3v) is 4.71. The Hall–Kier alpha value is -1.43. The molecule has 104 valence electrons. The minimum absolute atomic E-state index is 0.0193. The molecule has 0 spiro atoms. The zero-order valence-corrected chi connectivity index (χ0v) is 10.8. The van der Waals surface area contributed by atoms with E-state index in [0.29, 0.717) is 19.4 Å². The summed E-state index contributed by atoms with van der Waals surface area (Å²) in [5.74, 6) is -0.380. The number of nitrogens with zero attached hydrogens (tertiary/aromatic N) is 1. The predicted molar refractivity (Wildman–Crippen MR) is 66.7 cm³/mol. The number of hydrogen-bond acceptors (Lipinski definition) is 4. The van der Waals surface area contributed by atoms with Crippen LogP contribution in [0.4, 0.5) is 0 Å². The van der Waals surface area contributed by atoms with Gasteiger partial charge in [-0.25, -0.2) is 0 Å². The lowest BCUT2D eigenvalue weighted by molar-refractivity contribution is -0.144. The molecule has 6 nitrogen and oxygen atoms in total. The topological polar surface area (TPSA) is 92.5 Å². The van der Waals surface area contributed by atoms with Crippen LogP contribution in [-0.2, 0) is 14.4 Å². The van der Waals surface area contributed by atoms with Crippen molar-refractivity contribution < 1.29 is 14.4 Å². The highest BCUT2D eigenvalue weighted by Crippen LogP contribution is 2.38. The molecule has 2 heterocycles. The van der Waals surface area contributed by atoms with E-state index in [9.17, 15) is 14.4 Å². The number of carbonyl (C=O) groups is 3. The fraction of sp³-hybridized carbons (Fsp3) is 0.769. The van der Waals surface area contributed by atoms with Gasteiger partial charge in [0, 0.05) is 30.8 Å². The van der Waals surface area contributed by atoms with E-state index >= 15 is 0 Å². The lowest BCUT2D eigenvalue weighted by atomic mass is 9.78. The van der Waals surface area contributed by atoms with Crippen LogP contribution in [0.3, 0.4) is 0 Å². The summed E-state index contributed by atoms with van der Waals surface area (Å²) < 4.78 is 0. The summed E-state index contributed by atoms with van der Waals surface area (Å²) in [6.07, 6.45) is 3.56. The van der Waals surface area contributed by atoms with Gasteiger partial charge >= 0.3 is 0 Å². The van der Waals surface area contributed by atoms with Crippen molar-refractivity contribution in [3.63, 3.8) is 0 Å². The van der Waals surface area contributed by atoms with E-state index in [4.69, 9.17) is 5.73 Å². The SMILES string of the molecule is NC1CCCC2C(=O)N(C3CCC(=O)NC3=O)CC12. The van der Waals surface area contributed by atoms with E-state index in [1.165, 1.54) is 0 Å². The summed E-state index contributed by atoms with van der Waals surface area (Å²) >= 11 is 0. The first-order chi connectivity index (χ1) is 9.08. The summed E-state index contributed by atoms with van der Waals surface area (Å²) in [7, 11) is 0. The Balaban J connectivity index is 1.77. The maximum atomic E-state index is 12.4. The maximum absolute atomic E-state index is 12.4. The minimum Gasteiger partial charge on any atom is -0.330 e. The van der Waals surface area contributed by atoms with Crippen LogP contribution in [-0.4, -0.2) is 41.2 Å². The normalized spacial score (nSPS) is 39.2. The molecule has 1 aliphatic carbocycles. The van der Waals surface area contributed by atoms with E-state index in [1.807, 2.05) is 0 Å². The molecule has 0 aromatic carbocycles. The second kappa shape index (κ2) is 4.59. The van der Waals surface area contributed by atoms with E-state index in [-0.39, 0.29) is 35.6 Å². The molecule has 4 unspecified atom stereocenters. The number of rotatable bonds is 1. The third kappa shape index (κ3) is 2.04. The van der Waals surface area contributed by atoms with Crippen LogP contribution in [0.15, 0.2) is 0 Å². The molecule has 0 aromatic rings. The van der Waals surface area contributed by atoms with Crippen LogP contribution in [0, 0.1) is 11.8 Å². The average molecular weight is 265 g/mol. The van der Waals surface area contributed by atoms with Gasteiger partial charge in [0.15, 0.2) is 0 Å². The molecular weight excluding hydrogens is 246 g/mol. The molecule has 0 radical (unpaired) electrons. The first-order valence-electron chi connectivity index (χ1n) is 6.97. The standard InChI is InChI=1S/C13H19N3O3/c14-9-3-1-2-7-8(9)6-16(13(7)19)10-4-5-11(17)15-12(10)18/h7-10H,1-6,14H2,(H,15,17,18). The third-order valence-electron chi connectivity index (χ3n) is 4.71. The van der Waals surface area contributed by atoms with E-state index in [1.54, 1.807) is 4.90 Å². The molecule has 3 aliphatic rings. The lowest BCUT2D eigenvalue weighted by Gasteiger charge is -2.30. The van der Waals surface area contributed by atoms with Crippen molar-refractivity contribution in [3.8, 4) is 0 Å². The van der Waals surface area contributed by atoms with Crippen molar-refractivity contribution in [2.45, 2.75) is 44.2 Å². The molecule has 3 rings (SSSR count). The number of hydrogen-bond donors (Lipinski definition) is 2. The number of imide groups is 1. The lowest BCUT2D eigenvalue weighted by Crippen LogP contribution is -2.53. The number of piperidine rings is 1. The van der Waals surface area contributed by atoms with Gasteiger partial charge in [0.1, 0.15) is 6.04 Å². The van der Waals surface area contributed by atoms with E-state index < -0.39 is 6.04 Å². The largest absolute Gasteiger partial charge is 0.330 e. The molecule has 19 heavy (non-hydrogen) atoms. The van der Waals surface area contributed by atoms with Gasteiger partial charge in [-0.05, 0) is 19.3 Å². The van der Waals surface area contributed by atoms with Crippen molar-refractivity contribution in [2.75, 3.05) is 6.54 Å². The summed E-state index contributed by atoms with van der Waals surface area (Å²) in [6.45, 7) is 0.566. The molecule has 2 aliphatic heterocycles. The average Bonchev–Trinajstić information content (AvgIpc) is 2.69. The molecule has 4 atom stereocenters. The quantitative estimate of drug-likeness (QED) is 0.618. The second-order valence-corrected chi connectivity index (χ2v) is 5.82. The monoisotopic (exact) mass is 265 g/mol. The number of amides is 3. The second-order valence-electron chi connectivity index (χ2n) is 5.82. The van der Waals surface area contributed by atoms with Gasteiger partial charge in [-0.3, -0.25) is 19.7 Å². The first-order valence-corrected chi connectivity index (χ1v) is 6.97. The molecule has 2 saturated heterocycles. The molecule has 6 heteroatoms. The Morgan fingerprint density at radius 3 is 2.63 bits per heavy atom. The predicted octanol–water partition coefficient (Wildman–Crippen LogP) is -0.623. The highest BCUT2D eigenvalue weighted by atomic mass is 16.2. The summed E-state index contributed by atoms with van der Waals surface area (Å²) in [6, 6.07) is -0.427. The molecule has 1 saturated carbocycles. The van der Waals surface area contributed by atoms with Crippen LogP contribution in [0.2, 0.25) is 0 Å². The zero-order valence-electron chi connectivity index (χ0n) is 10.8.